The maximum Gasteiger partial charge on any atom is 0.193 e. The van der Waals surface area contributed by atoms with Crippen LogP contribution in [-0.4, -0.2) is 37.5 Å². The van der Waals surface area contributed by atoms with Crippen LogP contribution in [0.4, 0.5) is 0 Å². The van der Waals surface area contributed by atoms with E-state index in [1.165, 1.54) is 0 Å². The SMILES string of the molecule is CCC1OC(OC)C2OC2C1=O. The largest absolute Gasteiger partial charge is 0.356 e. The number of carbonyl (C=O) groups is 1. The second-order valence-corrected chi connectivity index (χ2v) is 3.06. The lowest BCUT2D eigenvalue weighted by Gasteiger charge is -2.23. The Kier molecular flexibility index (Phi) is 1.90. The van der Waals surface area contributed by atoms with Crippen molar-refractivity contribution in [2.45, 2.75) is 37.9 Å². The molecule has 0 aromatic carbocycles. The predicted molar refractivity (Wildman–Crippen MR) is 39.6 cm³/mol. The second kappa shape index (κ2) is 2.80. The van der Waals surface area contributed by atoms with Gasteiger partial charge in [0, 0.05) is 7.11 Å². The van der Waals surface area contributed by atoms with Gasteiger partial charge in [-0.25, -0.2) is 0 Å². The molecule has 0 bridgehead atoms. The monoisotopic (exact) mass is 172 g/mol. The van der Waals surface area contributed by atoms with Gasteiger partial charge in [-0.2, -0.15) is 0 Å². The van der Waals surface area contributed by atoms with Gasteiger partial charge >= 0.3 is 0 Å². The zero-order valence-corrected chi connectivity index (χ0v) is 7.15. The van der Waals surface area contributed by atoms with E-state index in [0.29, 0.717) is 6.42 Å². The van der Waals surface area contributed by atoms with Gasteiger partial charge in [0.2, 0.25) is 0 Å². The highest BCUT2D eigenvalue weighted by Crippen LogP contribution is 2.35. The molecule has 4 atom stereocenters. The minimum Gasteiger partial charge on any atom is -0.356 e. The molecule has 2 aliphatic rings. The third-order valence-electron chi connectivity index (χ3n) is 2.29. The van der Waals surface area contributed by atoms with Crippen molar-refractivity contribution in [3.05, 3.63) is 0 Å². The Morgan fingerprint density at radius 2 is 2.25 bits per heavy atom. The summed E-state index contributed by atoms with van der Waals surface area (Å²) in [6.07, 6.45) is -0.402. The van der Waals surface area contributed by atoms with Crippen LogP contribution in [-0.2, 0) is 19.0 Å². The molecule has 0 amide bonds. The van der Waals surface area contributed by atoms with E-state index >= 15 is 0 Å². The summed E-state index contributed by atoms with van der Waals surface area (Å²) in [4.78, 5) is 11.4. The fraction of sp³-hybridized carbons (Fsp3) is 0.875. The number of Topliss-reactive ketones (excluding diaryl/α,β-unsaturated/α-hetero) is 1. The van der Waals surface area contributed by atoms with E-state index in [1.807, 2.05) is 6.92 Å². The maximum atomic E-state index is 11.4. The highest BCUT2D eigenvalue weighted by atomic mass is 16.7. The molecule has 0 saturated carbocycles. The van der Waals surface area contributed by atoms with Gasteiger partial charge in [-0.15, -0.1) is 0 Å². The van der Waals surface area contributed by atoms with Crippen LogP contribution in [0, 0.1) is 0 Å². The lowest BCUT2D eigenvalue weighted by Crippen LogP contribution is -2.42. The number of carbonyl (C=O) groups excluding carboxylic acids is 1. The summed E-state index contributed by atoms with van der Waals surface area (Å²) in [7, 11) is 1.56. The van der Waals surface area contributed by atoms with Gasteiger partial charge in [0.15, 0.2) is 18.2 Å². The van der Waals surface area contributed by atoms with Crippen molar-refractivity contribution >= 4 is 5.78 Å². The molecule has 2 rings (SSSR count). The molecule has 2 fully saturated rings. The molecule has 0 aromatic rings. The van der Waals surface area contributed by atoms with Crippen LogP contribution < -0.4 is 0 Å². The number of rotatable bonds is 2. The average Bonchev–Trinajstić information content (AvgIpc) is 2.85. The first-order chi connectivity index (χ1) is 5.77. The van der Waals surface area contributed by atoms with Crippen molar-refractivity contribution in [2.75, 3.05) is 7.11 Å². The lowest BCUT2D eigenvalue weighted by atomic mass is 10.0. The molecule has 0 spiro atoms. The first-order valence-electron chi connectivity index (χ1n) is 4.15. The van der Waals surface area contributed by atoms with E-state index in [4.69, 9.17) is 14.2 Å². The van der Waals surface area contributed by atoms with Gasteiger partial charge in [-0.1, -0.05) is 6.92 Å². The van der Waals surface area contributed by atoms with Crippen LogP contribution in [0.3, 0.4) is 0 Å². The van der Waals surface area contributed by atoms with Crippen LogP contribution in [0.1, 0.15) is 13.3 Å². The normalized spacial score (nSPS) is 45.7. The summed E-state index contributed by atoms with van der Waals surface area (Å²) in [5.41, 5.74) is 0. The molecule has 2 heterocycles. The predicted octanol–water partition coefficient (Wildman–Crippen LogP) is 0.104. The lowest BCUT2D eigenvalue weighted by molar-refractivity contribution is -0.180. The van der Waals surface area contributed by atoms with Gasteiger partial charge in [0.25, 0.3) is 0 Å². The maximum absolute atomic E-state index is 11.4. The molecule has 2 aliphatic heterocycles. The molecular weight excluding hydrogens is 160 g/mol. The molecule has 2 saturated heterocycles. The number of methoxy groups -OCH3 is 1. The Balaban J connectivity index is 2.05. The first kappa shape index (κ1) is 8.16. The van der Waals surface area contributed by atoms with E-state index in [0.717, 1.165) is 0 Å². The molecule has 4 heteroatoms. The molecule has 4 unspecified atom stereocenters. The van der Waals surface area contributed by atoms with Gasteiger partial charge in [0.05, 0.1) is 0 Å². The molecular formula is C8H12O4. The first-order valence-corrected chi connectivity index (χ1v) is 4.15. The number of hydrogen-bond acceptors (Lipinski definition) is 4. The molecule has 68 valence electrons. The zero-order chi connectivity index (χ0) is 8.72. The summed E-state index contributed by atoms with van der Waals surface area (Å²) in [6.45, 7) is 1.91. The molecule has 4 nitrogen and oxygen atoms in total. The summed E-state index contributed by atoms with van der Waals surface area (Å²) >= 11 is 0. The smallest absolute Gasteiger partial charge is 0.193 e. The van der Waals surface area contributed by atoms with E-state index < -0.39 is 0 Å². The van der Waals surface area contributed by atoms with Crippen molar-refractivity contribution in [1.29, 1.82) is 0 Å². The fourth-order valence-electron chi connectivity index (χ4n) is 1.54. The second-order valence-electron chi connectivity index (χ2n) is 3.06. The quantitative estimate of drug-likeness (QED) is 0.554. The van der Waals surface area contributed by atoms with Crippen molar-refractivity contribution in [1.82, 2.24) is 0 Å². The van der Waals surface area contributed by atoms with Crippen LogP contribution in [0.25, 0.3) is 0 Å². The number of fused-ring (bicyclic) bond motifs is 1. The average molecular weight is 172 g/mol. The minimum atomic E-state index is -0.349. The molecule has 0 aromatic heterocycles. The summed E-state index contributed by atoms with van der Waals surface area (Å²) in [5.74, 6) is 0.0656. The van der Waals surface area contributed by atoms with Crippen molar-refractivity contribution in [3.8, 4) is 0 Å². The Labute approximate surface area is 70.8 Å². The summed E-state index contributed by atoms with van der Waals surface area (Å²) in [6, 6.07) is 0. The van der Waals surface area contributed by atoms with Crippen LogP contribution >= 0.6 is 0 Å². The number of hydrogen-bond donors (Lipinski definition) is 0. The van der Waals surface area contributed by atoms with Crippen molar-refractivity contribution < 1.29 is 19.0 Å². The number of ketones is 1. The summed E-state index contributed by atoms with van der Waals surface area (Å²) in [5, 5.41) is 0. The minimum absolute atomic E-state index is 0.0656. The third kappa shape index (κ3) is 1.07. The van der Waals surface area contributed by atoms with Crippen LogP contribution in [0.15, 0.2) is 0 Å². The highest BCUT2D eigenvalue weighted by molar-refractivity contribution is 5.90. The Morgan fingerprint density at radius 3 is 2.83 bits per heavy atom. The van der Waals surface area contributed by atoms with Crippen LogP contribution in [0.5, 0.6) is 0 Å². The van der Waals surface area contributed by atoms with Gasteiger partial charge in [-0.05, 0) is 6.42 Å². The van der Waals surface area contributed by atoms with E-state index in [1.54, 1.807) is 7.11 Å². The van der Waals surface area contributed by atoms with E-state index in [9.17, 15) is 4.79 Å². The van der Waals surface area contributed by atoms with Gasteiger partial charge < -0.3 is 14.2 Å². The Bertz CT molecular complexity index is 203. The van der Waals surface area contributed by atoms with Crippen molar-refractivity contribution in [2.24, 2.45) is 0 Å². The molecule has 0 radical (unpaired) electrons. The molecule has 0 N–H and O–H groups in total. The zero-order valence-electron chi connectivity index (χ0n) is 7.15. The fourth-order valence-corrected chi connectivity index (χ4v) is 1.54. The van der Waals surface area contributed by atoms with E-state index in [-0.39, 0.29) is 30.4 Å². The molecule has 0 aliphatic carbocycles. The van der Waals surface area contributed by atoms with E-state index in [2.05, 4.69) is 0 Å². The van der Waals surface area contributed by atoms with Crippen molar-refractivity contribution in [3.63, 3.8) is 0 Å². The standard InChI is InChI=1S/C8H12O4/c1-3-4-5(9)6-7(12-6)8(10-2)11-4/h4,6-8H,3H2,1-2H3. The summed E-state index contributed by atoms with van der Waals surface area (Å²) < 4.78 is 15.5. The van der Waals surface area contributed by atoms with Crippen LogP contribution in [0.2, 0.25) is 0 Å². The Morgan fingerprint density at radius 1 is 1.50 bits per heavy atom. The third-order valence-corrected chi connectivity index (χ3v) is 2.29. The topological polar surface area (TPSA) is 48.1 Å². The molecule has 12 heavy (non-hydrogen) atoms. The number of epoxide rings is 1. The van der Waals surface area contributed by atoms with Gasteiger partial charge in [0.1, 0.15) is 12.2 Å². The number of ether oxygens (including phenoxy) is 3. The van der Waals surface area contributed by atoms with Gasteiger partial charge in [-0.3, -0.25) is 4.79 Å². The highest BCUT2D eigenvalue weighted by Gasteiger charge is 2.57. The Hall–Kier alpha value is -0.450.